The molecule has 0 unspecified atom stereocenters. The normalized spacial score (nSPS) is 26.6. The van der Waals surface area contributed by atoms with Crippen LogP contribution in [0.15, 0.2) is 87.6 Å². The molecular formula is C16H26N12O2S. The number of rotatable bonds is 10. The maximum Gasteiger partial charge on any atom is 0.199 e. The number of nitrogens with one attached hydrogen (secondary N) is 4. The van der Waals surface area contributed by atoms with Gasteiger partial charge >= 0.3 is 0 Å². The first-order valence-electron chi connectivity index (χ1n) is 9.13. The molecule has 2 aliphatic rings. The van der Waals surface area contributed by atoms with Gasteiger partial charge in [-0.15, -0.1) is 0 Å². The van der Waals surface area contributed by atoms with Crippen molar-refractivity contribution in [1.29, 1.82) is 0 Å². The molecule has 31 heavy (non-hydrogen) atoms. The monoisotopic (exact) mass is 450 g/mol. The highest BCUT2D eigenvalue weighted by atomic mass is 32.2. The van der Waals surface area contributed by atoms with Crippen molar-refractivity contribution in [3.63, 3.8) is 0 Å². The second-order valence-electron chi connectivity index (χ2n) is 6.43. The Morgan fingerprint density at radius 1 is 0.677 bits per heavy atom. The molecule has 168 valence electrons. The quantitative estimate of drug-likeness (QED) is 0.224. The molecule has 0 radical (unpaired) electrons. The Morgan fingerprint density at radius 2 is 1.00 bits per heavy atom. The summed E-state index contributed by atoms with van der Waals surface area (Å²) < 4.78 is 27.0. The first-order valence-corrected chi connectivity index (χ1v) is 10.6. The molecule has 0 aliphatic heterocycles. The molecule has 0 aromatic rings. The summed E-state index contributed by atoms with van der Waals surface area (Å²) in [6.45, 7) is 0. The average Bonchev–Trinajstić information content (AvgIpc) is 2.79. The van der Waals surface area contributed by atoms with Crippen LogP contribution in [0.25, 0.3) is 0 Å². The van der Waals surface area contributed by atoms with E-state index in [9.17, 15) is 8.42 Å². The zero-order valence-electron chi connectivity index (χ0n) is 17.7. The first-order chi connectivity index (χ1) is 14.9. The topological polar surface area (TPSA) is 181 Å². The first kappa shape index (κ1) is 23.8. The number of nitrogens with zero attached hydrogens (tertiary/aromatic N) is 8. The fourth-order valence-electron chi connectivity index (χ4n) is 2.88. The maximum atomic E-state index is 13.5. The van der Waals surface area contributed by atoms with Crippen LogP contribution in [0.4, 0.5) is 0 Å². The molecule has 14 nitrogen and oxygen atoms in total. The lowest BCUT2D eigenvalue weighted by molar-refractivity contribution is 0.315. The SMILES string of the molecule is CN=NNC1(NN=NC)C=CC=C(S(=O)(=O)C2=CC=CC(NN=NC)(NN=NC)C2)C1. The van der Waals surface area contributed by atoms with Crippen molar-refractivity contribution in [2.75, 3.05) is 28.2 Å². The molecule has 2 rings (SSSR count). The molecule has 0 bridgehead atoms. The van der Waals surface area contributed by atoms with Gasteiger partial charge < -0.3 is 0 Å². The molecule has 0 aromatic heterocycles. The molecule has 0 aromatic carbocycles. The Labute approximate surface area is 180 Å². The van der Waals surface area contributed by atoms with Crippen molar-refractivity contribution in [3.8, 4) is 0 Å². The second-order valence-corrected chi connectivity index (χ2v) is 8.49. The second kappa shape index (κ2) is 10.5. The van der Waals surface area contributed by atoms with Gasteiger partial charge in [0.1, 0.15) is 0 Å². The van der Waals surface area contributed by atoms with Crippen LogP contribution in [-0.4, -0.2) is 47.9 Å². The predicted octanol–water partition coefficient (Wildman–Crippen LogP) is 1.83. The van der Waals surface area contributed by atoms with E-state index in [0.29, 0.717) is 0 Å². The lowest BCUT2D eigenvalue weighted by Crippen LogP contribution is -2.53. The van der Waals surface area contributed by atoms with E-state index in [1.807, 2.05) is 0 Å². The number of sulfone groups is 1. The molecule has 4 N–H and O–H groups in total. The molecule has 15 heteroatoms. The fourth-order valence-corrected chi connectivity index (χ4v) is 4.56. The Kier molecular flexibility index (Phi) is 8.07. The molecule has 0 saturated heterocycles. The van der Waals surface area contributed by atoms with Crippen molar-refractivity contribution in [2.45, 2.75) is 24.2 Å². The summed E-state index contributed by atoms with van der Waals surface area (Å²) in [5.41, 5.74) is 8.92. The van der Waals surface area contributed by atoms with Crippen molar-refractivity contribution in [3.05, 3.63) is 46.3 Å². The summed E-state index contributed by atoms with van der Waals surface area (Å²) in [4.78, 5) is 0.301. The zero-order chi connectivity index (χ0) is 22.8. The van der Waals surface area contributed by atoms with Gasteiger partial charge in [-0.05, 0) is 24.3 Å². The predicted molar refractivity (Wildman–Crippen MR) is 114 cm³/mol. The third kappa shape index (κ3) is 5.78. The Balaban J connectivity index is 2.35. The third-order valence-electron chi connectivity index (χ3n) is 4.32. The van der Waals surface area contributed by atoms with E-state index in [2.05, 4.69) is 63.1 Å². The van der Waals surface area contributed by atoms with Crippen molar-refractivity contribution >= 4 is 9.84 Å². The van der Waals surface area contributed by atoms with E-state index in [1.54, 1.807) is 24.3 Å². The molecule has 0 saturated carbocycles. The summed E-state index contributed by atoms with van der Waals surface area (Å²) in [6, 6.07) is 0. The van der Waals surface area contributed by atoms with Crippen molar-refractivity contribution in [2.24, 2.45) is 41.4 Å². The average molecular weight is 451 g/mol. The van der Waals surface area contributed by atoms with E-state index in [1.165, 1.54) is 40.3 Å². The van der Waals surface area contributed by atoms with Gasteiger partial charge in [-0.1, -0.05) is 33.0 Å². The molecule has 0 heterocycles. The van der Waals surface area contributed by atoms with Crippen molar-refractivity contribution < 1.29 is 8.42 Å². The van der Waals surface area contributed by atoms with Gasteiger partial charge in [0.05, 0.1) is 38.0 Å². The van der Waals surface area contributed by atoms with E-state index < -0.39 is 21.2 Å². The van der Waals surface area contributed by atoms with Crippen LogP contribution in [-0.2, 0) is 9.84 Å². The van der Waals surface area contributed by atoms with Crippen LogP contribution in [0.1, 0.15) is 12.8 Å². The summed E-state index contributed by atoms with van der Waals surface area (Å²) >= 11 is 0. The zero-order valence-corrected chi connectivity index (χ0v) is 18.5. The summed E-state index contributed by atoms with van der Waals surface area (Å²) in [6.07, 6.45) is 9.69. The fraction of sp³-hybridized carbons (Fsp3) is 0.500. The van der Waals surface area contributed by atoms with Crippen LogP contribution < -0.4 is 21.7 Å². The van der Waals surface area contributed by atoms with E-state index >= 15 is 0 Å². The summed E-state index contributed by atoms with van der Waals surface area (Å²) in [5, 5.41) is 29.8. The van der Waals surface area contributed by atoms with Crippen LogP contribution in [0, 0.1) is 0 Å². The third-order valence-corrected chi connectivity index (χ3v) is 6.26. The number of hydrogen-bond acceptors (Lipinski definition) is 10. The lowest BCUT2D eigenvalue weighted by atomic mass is 10.0. The largest absolute Gasteiger partial charge is 0.261 e. The summed E-state index contributed by atoms with van der Waals surface area (Å²) in [7, 11) is 2.10. The molecule has 0 amide bonds. The molecule has 0 fully saturated rings. The van der Waals surface area contributed by atoms with Gasteiger partial charge in [0, 0.05) is 12.8 Å². The van der Waals surface area contributed by atoms with E-state index in [0.717, 1.165) is 0 Å². The smallest absolute Gasteiger partial charge is 0.199 e. The van der Waals surface area contributed by atoms with Gasteiger partial charge in [-0.25, -0.2) is 8.42 Å². The van der Waals surface area contributed by atoms with Gasteiger partial charge in [0.15, 0.2) is 21.2 Å². The molecule has 0 atom stereocenters. The van der Waals surface area contributed by atoms with Gasteiger partial charge in [0.2, 0.25) is 0 Å². The lowest BCUT2D eigenvalue weighted by Gasteiger charge is -2.34. The van der Waals surface area contributed by atoms with Gasteiger partial charge in [0.25, 0.3) is 0 Å². The highest BCUT2D eigenvalue weighted by molar-refractivity contribution is 7.99. The highest BCUT2D eigenvalue weighted by Gasteiger charge is 2.40. The maximum absolute atomic E-state index is 13.5. The minimum absolute atomic E-state index is 0.0160. The van der Waals surface area contributed by atoms with Crippen LogP contribution in [0.2, 0.25) is 0 Å². The standard InChI is InChI=1S/C16H26N12O2S/c1-17-25-21-15(22-26-18-2)9-5-7-13(11-15)31(29,30)14-8-6-10-16(12-14,23-27-19-3)24-28-20-4/h5-10H,11-12H2,1-4H3,(H,17,21)(H,18,22)(H,19,23)(H,20,24). The van der Waals surface area contributed by atoms with Crippen LogP contribution >= 0.6 is 0 Å². The molecule has 0 spiro atoms. The van der Waals surface area contributed by atoms with Gasteiger partial charge in [-0.3, -0.25) is 21.7 Å². The minimum Gasteiger partial charge on any atom is -0.261 e. The van der Waals surface area contributed by atoms with E-state index in [-0.39, 0.29) is 22.7 Å². The number of hydrogen-bond donors (Lipinski definition) is 4. The van der Waals surface area contributed by atoms with Crippen LogP contribution in [0.5, 0.6) is 0 Å². The number of allylic oxidation sites excluding steroid dienone is 4. The highest BCUT2D eigenvalue weighted by Crippen LogP contribution is 2.34. The van der Waals surface area contributed by atoms with Crippen LogP contribution in [0.3, 0.4) is 0 Å². The summed E-state index contributed by atoms with van der Waals surface area (Å²) in [5.74, 6) is 0. The van der Waals surface area contributed by atoms with E-state index in [4.69, 9.17) is 0 Å². The van der Waals surface area contributed by atoms with Gasteiger partial charge in [-0.2, -0.15) is 20.5 Å². The minimum atomic E-state index is -3.86. The molecular weight excluding hydrogens is 424 g/mol. The Hall–Kier alpha value is -3.49. The Morgan fingerprint density at radius 3 is 1.29 bits per heavy atom. The Bertz CT molecular complexity index is 875. The van der Waals surface area contributed by atoms with Crippen molar-refractivity contribution in [1.82, 2.24) is 21.7 Å². The molecule has 2 aliphatic carbocycles.